The highest BCUT2D eigenvalue weighted by Crippen LogP contribution is 2.36. The lowest BCUT2D eigenvalue weighted by atomic mass is 10.3. The molecule has 1 aromatic carbocycles. The maximum atomic E-state index is 10.8. The van der Waals surface area contributed by atoms with Crippen molar-refractivity contribution in [3.05, 3.63) is 30.3 Å². The molecule has 0 heterocycles. The molecule has 1 rings (SSSR count). The van der Waals surface area contributed by atoms with Crippen LogP contribution in [0.1, 0.15) is 0 Å². The van der Waals surface area contributed by atoms with E-state index in [1.807, 2.05) is 0 Å². The molecule has 88 valence electrons. The maximum Gasteiger partial charge on any atom is 0.344 e. The molecule has 0 unspecified atom stereocenters. The molecule has 7 heteroatoms. The molecule has 2 N–H and O–H groups in total. The van der Waals surface area contributed by atoms with Crippen LogP contribution >= 0.6 is 7.60 Å². The summed E-state index contributed by atoms with van der Waals surface area (Å²) in [5, 5.41) is 10.5. The molecular weight excluding hydrogens is 233 g/mol. The van der Waals surface area contributed by atoms with Crippen LogP contribution in [0.5, 0.6) is 0 Å². The number of para-hydroxylation sites is 1. The molecule has 0 saturated heterocycles. The summed E-state index contributed by atoms with van der Waals surface area (Å²) < 4.78 is 10.8. The Bertz CT molecular complexity index is 402. The first-order valence-electron chi connectivity index (χ1n) is 4.43. The lowest BCUT2D eigenvalue weighted by Gasteiger charge is -2.25. The minimum Gasteiger partial charge on any atom is -0.548 e. The van der Waals surface area contributed by atoms with Gasteiger partial charge in [0.15, 0.2) is 0 Å². The fourth-order valence-electron chi connectivity index (χ4n) is 1.24. The normalized spacial score (nSPS) is 11.1. The van der Waals surface area contributed by atoms with E-state index in [0.29, 0.717) is 5.69 Å². The Hall–Kier alpha value is -1.36. The standard InChI is InChI=1S/C9H12NO5P/c11-9(12)6-10(7-16(13,14)15)8-4-2-1-3-5-8/h1-5H,6-7H2,(H,11,12)(H2,13,14,15)/p-1. The second-order valence-electron chi connectivity index (χ2n) is 3.21. The predicted molar refractivity (Wildman–Crippen MR) is 55.7 cm³/mol. The van der Waals surface area contributed by atoms with E-state index < -0.39 is 26.4 Å². The molecule has 0 aromatic heterocycles. The number of aliphatic carboxylic acids is 1. The summed E-state index contributed by atoms with van der Waals surface area (Å²) in [5.74, 6) is -1.39. The lowest BCUT2D eigenvalue weighted by molar-refractivity contribution is -0.303. The highest BCUT2D eigenvalue weighted by atomic mass is 31.2. The number of carbonyl (C=O) groups excluding carboxylic acids is 1. The van der Waals surface area contributed by atoms with Crippen LogP contribution in [0.3, 0.4) is 0 Å². The van der Waals surface area contributed by atoms with Crippen LogP contribution in [-0.2, 0) is 9.36 Å². The topological polar surface area (TPSA) is 101 Å². The van der Waals surface area contributed by atoms with E-state index in [9.17, 15) is 14.5 Å². The molecule has 0 aliphatic rings. The number of rotatable bonds is 5. The molecule has 0 aliphatic heterocycles. The van der Waals surface area contributed by atoms with Crippen LogP contribution in [0.15, 0.2) is 30.3 Å². The van der Waals surface area contributed by atoms with Crippen molar-refractivity contribution in [3.8, 4) is 0 Å². The first-order chi connectivity index (χ1) is 7.38. The van der Waals surface area contributed by atoms with Crippen LogP contribution < -0.4 is 10.0 Å². The number of benzene rings is 1. The van der Waals surface area contributed by atoms with Crippen molar-refractivity contribution in [2.24, 2.45) is 0 Å². The Balaban J connectivity index is 2.88. The molecular formula is C9H11NO5P-. The van der Waals surface area contributed by atoms with Gasteiger partial charge in [0.25, 0.3) is 0 Å². The van der Waals surface area contributed by atoms with E-state index in [1.54, 1.807) is 30.3 Å². The molecule has 16 heavy (non-hydrogen) atoms. The summed E-state index contributed by atoms with van der Waals surface area (Å²) in [7, 11) is -4.31. The fourth-order valence-corrected chi connectivity index (χ4v) is 1.95. The number of anilines is 1. The third kappa shape index (κ3) is 4.44. The SMILES string of the molecule is O=C([O-])CN(CP(=O)(O)O)c1ccccc1. The molecule has 0 fully saturated rings. The van der Waals surface area contributed by atoms with Gasteiger partial charge in [-0.3, -0.25) is 4.57 Å². The largest absolute Gasteiger partial charge is 0.548 e. The van der Waals surface area contributed by atoms with Gasteiger partial charge in [-0.05, 0) is 12.1 Å². The first-order valence-corrected chi connectivity index (χ1v) is 6.22. The summed E-state index contributed by atoms with van der Waals surface area (Å²) in [6, 6.07) is 8.16. The molecule has 6 nitrogen and oxygen atoms in total. The summed E-state index contributed by atoms with van der Waals surface area (Å²) in [6.07, 6.45) is -0.648. The monoisotopic (exact) mass is 244 g/mol. The van der Waals surface area contributed by atoms with Crippen molar-refractivity contribution in [2.45, 2.75) is 0 Å². The minimum atomic E-state index is -4.31. The van der Waals surface area contributed by atoms with Crippen LogP contribution in [0, 0.1) is 0 Å². The minimum absolute atomic E-state index is 0.426. The Labute approximate surface area is 92.3 Å². The Kier molecular flexibility index (Phi) is 4.06. The molecule has 0 spiro atoms. The third-order valence-electron chi connectivity index (χ3n) is 1.80. The van der Waals surface area contributed by atoms with Gasteiger partial charge in [-0.15, -0.1) is 0 Å². The zero-order chi connectivity index (χ0) is 12.2. The lowest BCUT2D eigenvalue weighted by Crippen LogP contribution is -2.38. The Morgan fingerprint density at radius 3 is 2.31 bits per heavy atom. The van der Waals surface area contributed by atoms with Gasteiger partial charge in [0.2, 0.25) is 0 Å². The van der Waals surface area contributed by atoms with Crippen LogP contribution in [-0.4, -0.2) is 28.6 Å². The van der Waals surface area contributed by atoms with Gasteiger partial charge in [0.05, 0.1) is 12.5 Å². The zero-order valence-electron chi connectivity index (χ0n) is 8.31. The van der Waals surface area contributed by atoms with Gasteiger partial charge in [-0.2, -0.15) is 0 Å². The number of hydrogen-bond donors (Lipinski definition) is 2. The van der Waals surface area contributed by atoms with Gasteiger partial charge in [-0.1, -0.05) is 18.2 Å². The Morgan fingerprint density at radius 2 is 1.88 bits per heavy atom. The van der Waals surface area contributed by atoms with Crippen molar-refractivity contribution in [2.75, 3.05) is 17.7 Å². The molecule has 0 aliphatic carbocycles. The van der Waals surface area contributed by atoms with E-state index in [-0.39, 0.29) is 0 Å². The number of hydrogen-bond acceptors (Lipinski definition) is 4. The average molecular weight is 244 g/mol. The summed E-state index contributed by atoms with van der Waals surface area (Å²) in [6.45, 7) is -0.560. The van der Waals surface area contributed by atoms with Gasteiger partial charge in [-0.25, -0.2) is 0 Å². The van der Waals surface area contributed by atoms with E-state index in [4.69, 9.17) is 9.79 Å². The van der Waals surface area contributed by atoms with Crippen molar-refractivity contribution < 1.29 is 24.3 Å². The number of nitrogens with zero attached hydrogens (tertiary/aromatic N) is 1. The van der Waals surface area contributed by atoms with Crippen LogP contribution in [0.2, 0.25) is 0 Å². The van der Waals surface area contributed by atoms with Crippen LogP contribution in [0.25, 0.3) is 0 Å². The third-order valence-corrected chi connectivity index (χ3v) is 2.51. The quantitative estimate of drug-likeness (QED) is 0.669. The zero-order valence-corrected chi connectivity index (χ0v) is 9.21. The number of carboxylic acids is 1. The summed E-state index contributed by atoms with van der Waals surface area (Å²) in [5.41, 5.74) is 0.426. The summed E-state index contributed by atoms with van der Waals surface area (Å²) in [4.78, 5) is 29.2. The van der Waals surface area contributed by atoms with Gasteiger partial charge in [0.1, 0.15) is 6.29 Å². The molecule has 1 aromatic rings. The van der Waals surface area contributed by atoms with E-state index in [2.05, 4.69) is 0 Å². The van der Waals surface area contributed by atoms with Crippen molar-refractivity contribution in [1.29, 1.82) is 0 Å². The Morgan fingerprint density at radius 1 is 1.31 bits per heavy atom. The van der Waals surface area contributed by atoms with E-state index >= 15 is 0 Å². The second kappa shape index (κ2) is 5.12. The molecule has 0 bridgehead atoms. The van der Waals surface area contributed by atoms with Crippen LogP contribution in [0.4, 0.5) is 5.69 Å². The number of carbonyl (C=O) groups is 1. The van der Waals surface area contributed by atoms with Gasteiger partial charge >= 0.3 is 7.60 Å². The second-order valence-corrected chi connectivity index (χ2v) is 4.82. The van der Waals surface area contributed by atoms with Crippen molar-refractivity contribution >= 4 is 19.3 Å². The van der Waals surface area contributed by atoms with Crippen molar-refractivity contribution in [3.63, 3.8) is 0 Å². The number of carboxylic acid groups (broad SMARTS) is 1. The maximum absolute atomic E-state index is 10.8. The average Bonchev–Trinajstić information content (AvgIpc) is 2.15. The highest BCUT2D eigenvalue weighted by molar-refractivity contribution is 7.51. The van der Waals surface area contributed by atoms with E-state index in [1.165, 1.54) is 0 Å². The predicted octanol–water partition coefficient (Wildman–Crippen LogP) is -0.622. The van der Waals surface area contributed by atoms with Gasteiger partial charge in [0, 0.05) is 5.69 Å². The molecule has 0 radical (unpaired) electrons. The highest BCUT2D eigenvalue weighted by Gasteiger charge is 2.19. The molecule has 0 saturated carbocycles. The van der Waals surface area contributed by atoms with Gasteiger partial charge < -0.3 is 24.6 Å². The molecule has 0 amide bonds. The van der Waals surface area contributed by atoms with Crippen molar-refractivity contribution in [1.82, 2.24) is 0 Å². The summed E-state index contributed by atoms with van der Waals surface area (Å²) >= 11 is 0. The molecule has 0 atom stereocenters. The van der Waals surface area contributed by atoms with E-state index in [0.717, 1.165) is 4.90 Å². The fraction of sp³-hybridized carbons (Fsp3) is 0.222. The smallest absolute Gasteiger partial charge is 0.344 e. The first kappa shape index (κ1) is 12.7.